The summed E-state index contributed by atoms with van der Waals surface area (Å²) in [6, 6.07) is 10.9. The van der Waals surface area contributed by atoms with E-state index in [9.17, 15) is 14.4 Å². The molecule has 4 rings (SSSR count). The van der Waals surface area contributed by atoms with Crippen molar-refractivity contribution in [2.75, 3.05) is 31.5 Å². The molecule has 27 heavy (non-hydrogen) atoms. The number of anilines is 1. The predicted octanol–water partition coefficient (Wildman–Crippen LogP) is 2.07. The Balaban J connectivity index is 1.32. The van der Waals surface area contributed by atoms with E-state index in [0.29, 0.717) is 31.9 Å². The Hall–Kier alpha value is -2.74. The molecular formula is C19H19N3O4S. The van der Waals surface area contributed by atoms with Crippen molar-refractivity contribution in [1.82, 2.24) is 9.80 Å². The van der Waals surface area contributed by atoms with Crippen LogP contribution in [0.1, 0.15) is 17.0 Å². The third kappa shape index (κ3) is 3.71. The van der Waals surface area contributed by atoms with Gasteiger partial charge in [-0.1, -0.05) is 12.1 Å². The van der Waals surface area contributed by atoms with Crippen LogP contribution in [0.4, 0.5) is 5.69 Å². The normalized spacial score (nSPS) is 19.4. The first-order valence-corrected chi connectivity index (χ1v) is 9.67. The number of para-hydroxylation sites is 1. The fourth-order valence-corrected chi connectivity index (χ4v) is 4.33. The number of nitrogens with zero attached hydrogens (tertiary/aromatic N) is 2. The van der Waals surface area contributed by atoms with Gasteiger partial charge in [0, 0.05) is 37.5 Å². The number of carbonyl (C=O) groups is 3. The highest BCUT2D eigenvalue weighted by atomic mass is 32.2. The Morgan fingerprint density at radius 1 is 1.07 bits per heavy atom. The lowest BCUT2D eigenvalue weighted by molar-refractivity contribution is -0.134. The molecular weight excluding hydrogens is 366 g/mol. The van der Waals surface area contributed by atoms with Gasteiger partial charge in [0.2, 0.25) is 11.8 Å². The van der Waals surface area contributed by atoms with Crippen molar-refractivity contribution < 1.29 is 18.8 Å². The van der Waals surface area contributed by atoms with Crippen LogP contribution in [0, 0.1) is 0 Å². The second-order valence-corrected chi connectivity index (χ2v) is 7.69. The van der Waals surface area contributed by atoms with Crippen molar-refractivity contribution in [2.24, 2.45) is 0 Å². The van der Waals surface area contributed by atoms with Crippen LogP contribution in [0.15, 0.2) is 52.0 Å². The van der Waals surface area contributed by atoms with E-state index in [1.165, 1.54) is 18.0 Å². The van der Waals surface area contributed by atoms with Gasteiger partial charge in [-0.15, -0.1) is 11.8 Å². The average molecular weight is 385 g/mol. The topological polar surface area (TPSA) is 82.9 Å². The first kappa shape index (κ1) is 17.7. The summed E-state index contributed by atoms with van der Waals surface area (Å²) in [5, 5.41) is 2.43. The minimum absolute atomic E-state index is 0.0628. The van der Waals surface area contributed by atoms with E-state index in [0.717, 1.165) is 10.6 Å². The largest absolute Gasteiger partial charge is 0.459 e. The van der Waals surface area contributed by atoms with Gasteiger partial charge in [0.05, 0.1) is 17.2 Å². The summed E-state index contributed by atoms with van der Waals surface area (Å²) in [5.41, 5.74) is 0.793. The molecule has 140 valence electrons. The van der Waals surface area contributed by atoms with Crippen molar-refractivity contribution in [1.29, 1.82) is 0 Å². The van der Waals surface area contributed by atoms with Crippen LogP contribution in [0.25, 0.3) is 0 Å². The first-order chi connectivity index (χ1) is 13.1. The van der Waals surface area contributed by atoms with E-state index in [-0.39, 0.29) is 24.1 Å². The number of hydrogen-bond donors (Lipinski definition) is 1. The zero-order chi connectivity index (χ0) is 18.8. The van der Waals surface area contributed by atoms with E-state index < -0.39 is 5.25 Å². The number of thioether (sulfide) groups is 1. The number of amides is 3. The number of piperazine rings is 1. The van der Waals surface area contributed by atoms with Crippen molar-refractivity contribution >= 4 is 35.2 Å². The number of benzene rings is 1. The zero-order valence-corrected chi connectivity index (χ0v) is 15.4. The lowest BCUT2D eigenvalue weighted by atomic mass is 10.2. The van der Waals surface area contributed by atoms with Crippen LogP contribution in [0.2, 0.25) is 0 Å². The Bertz CT molecular complexity index is 860. The van der Waals surface area contributed by atoms with E-state index in [4.69, 9.17) is 4.42 Å². The highest BCUT2D eigenvalue weighted by Crippen LogP contribution is 2.36. The molecule has 0 unspecified atom stereocenters. The van der Waals surface area contributed by atoms with Crippen LogP contribution in [0.3, 0.4) is 0 Å². The van der Waals surface area contributed by atoms with Gasteiger partial charge in [-0.05, 0) is 24.3 Å². The van der Waals surface area contributed by atoms with Gasteiger partial charge >= 0.3 is 0 Å². The Kier molecular flexibility index (Phi) is 4.89. The van der Waals surface area contributed by atoms with E-state index in [2.05, 4.69) is 5.32 Å². The Labute approximate surface area is 160 Å². The molecule has 2 aromatic rings. The molecule has 7 nitrogen and oxygen atoms in total. The van der Waals surface area contributed by atoms with E-state index >= 15 is 0 Å². The van der Waals surface area contributed by atoms with Gasteiger partial charge in [-0.25, -0.2) is 0 Å². The summed E-state index contributed by atoms with van der Waals surface area (Å²) in [6.45, 7) is 1.83. The number of hydrogen-bond acceptors (Lipinski definition) is 5. The summed E-state index contributed by atoms with van der Waals surface area (Å²) in [4.78, 5) is 41.6. The van der Waals surface area contributed by atoms with Gasteiger partial charge in [0.1, 0.15) is 0 Å². The number of fused-ring (bicyclic) bond motifs is 1. The van der Waals surface area contributed by atoms with Gasteiger partial charge < -0.3 is 19.5 Å². The molecule has 1 atom stereocenters. The maximum Gasteiger partial charge on any atom is 0.289 e. The van der Waals surface area contributed by atoms with Crippen molar-refractivity contribution in [3.8, 4) is 0 Å². The molecule has 0 saturated carbocycles. The maximum atomic E-state index is 12.6. The maximum absolute atomic E-state index is 12.6. The molecule has 0 bridgehead atoms. The lowest BCUT2D eigenvalue weighted by Gasteiger charge is -2.35. The lowest BCUT2D eigenvalue weighted by Crippen LogP contribution is -2.51. The predicted molar refractivity (Wildman–Crippen MR) is 101 cm³/mol. The quantitative estimate of drug-likeness (QED) is 0.875. The smallest absolute Gasteiger partial charge is 0.289 e. The molecule has 3 amide bonds. The third-order valence-electron chi connectivity index (χ3n) is 4.72. The molecule has 1 aromatic heterocycles. The van der Waals surface area contributed by atoms with Crippen molar-refractivity contribution in [3.63, 3.8) is 0 Å². The monoisotopic (exact) mass is 385 g/mol. The van der Waals surface area contributed by atoms with Gasteiger partial charge in [-0.2, -0.15) is 0 Å². The van der Waals surface area contributed by atoms with Gasteiger partial charge in [-0.3, -0.25) is 14.4 Å². The second-order valence-electron chi connectivity index (χ2n) is 6.45. The SMILES string of the molecule is O=C1Nc2ccccc2S[C@H]1CC(=O)N1CCN(C(=O)c2ccco2)CC1. The summed E-state index contributed by atoms with van der Waals surface area (Å²) < 4.78 is 5.14. The van der Waals surface area contributed by atoms with Crippen LogP contribution in [-0.4, -0.2) is 59.0 Å². The Morgan fingerprint density at radius 2 is 1.81 bits per heavy atom. The van der Waals surface area contributed by atoms with Crippen LogP contribution < -0.4 is 5.32 Å². The number of carbonyl (C=O) groups excluding carboxylic acids is 3. The van der Waals surface area contributed by atoms with Crippen molar-refractivity contribution in [3.05, 3.63) is 48.4 Å². The minimum Gasteiger partial charge on any atom is -0.459 e. The van der Waals surface area contributed by atoms with Crippen LogP contribution >= 0.6 is 11.8 Å². The van der Waals surface area contributed by atoms with Crippen LogP contribution in [-0.2, 0) is 9.59 Å². The molecule has 1 N–H and O–H groups in total. The standard InChI is InChI=1S/C19H19N3O4S/c23-17(12-16-18(24)20-13-4-1-2-6-15(13)27-16)21-7-9-22(10-8-21)19(25)14-5-3-11-26-14/h1-6,11,16H,7-10,12H2,(H,20,24)/t16-/m0/s1. The van der Waals surface area contributed by atoms with Crippen molar-refractivity contribution in [2.45, 2.75) is 16.6 Å². The molecule has 0 radical (unpaired) electrons. The van der Waals surface area contributed by atoms with E-state index in [1.807, 2.05) is 24.3 Å². The van der Waals surface area contributed by atoms with Gasteiger partial charge in [0.25, 0.3) is 5.91 Å². The molecule has 1 aromatic carbocycles. The number of rotatable bonds is 3. The molecule has 0 spiro atoms. The molecule has 3 heterocycles. The summed E-state index contributed by atoms with van der Waals surface area (Å²) in [5.74, 6) is -0.0551. The summed E-state index contributed by atoms with van der Waals surface area (Å²) >= 11 is 1.42. The van der Waals surface area contributed by atoms with E-state index in [1.54, 1.807) is 21.9 Å². The first-order valence-electron chi connectivity index (χ1n) is 8.79. The number of nitrogens with one attached hydrogen (secondary N) is 1. The molecule has 1 fully saturated rings. The molecule has 1 saturated heterocycles. The molecule has 2 aliphatic heterocycles. The highest BCUT2D eigenvalue weighted by molar-refractivity contribution is 8.01. The van der Waals surface area contributed by atoms with Crippen LogP contribution in [0.5, 0.6) is 0 Å². The summed E-state index contributed by atoms with van der Waals surface area (Å²) in [6.07, 6.45) is 1.62. The fraction of sp³-hybridized carbons (Fsp3) is 0.316. The molecule has 8 heteroatoms. The third-order valence-corrected chi connectivity index (χ3v) is 5.99. The Morgan fingerprint density at radius 3 is 2.56 bits per heavy atom. The van der Waals surface area contributed by atoms with Gasteiger partial charge in [0.15, 0.2) is 5.76 Å². The fourth-order valence-electron chi connectivity index (χ4n) is 3.23. The highest BCUT2D eigenvalue weighted by Gasteiger charge is 2.32. The summed E-state index contributed by atoms with van der Waals surface area (Å²) in [7, 11) is 0. The number of furan rings is 1. The minimum atomic E-state index is -0.435. The average Bonchev–Trinajstić information content (AvgIpc) is 3.23. The zero-order valence-electron chi connectivity index (χ0n) is 14.6. The molecule has 0 aliphatic carbocycles. The molecule has 2 aliphatic rings. The second kappa shape index (κ2) is 7.48.